The van der Waals surface area contributed by atoms with Crippen molar-refractivity contribution in [3.05, 3.63) is 16.3 Å². The van der Waals surface area contributed by atoms with Gasteiger partial charge in [-0.15, -0.1) is 0 Å². The molecule has 0 saturated carbocycles. The molecule has 0 aromatic carbocycles. The van der Waals surface area contributed by atoms with Crippen LogP contribution in [0.3, 0.4) is 0 Å². The molecule has 0 aliphatic carbocycles. The van der Waals surface area contributed by atoms with Crippen LogP contribution in [0.4, 0.5) is 11.6 Å². The topological polar surface area (TPSA) is 113 Å². The highest BCUT2D eigenvalue weighted by molar-refractivity contribution is 5.41. The van der Waals surface area contributed by atoms with Crippen LogP contribution >= 0.6 is 0 Å². The first-order valence-corrected chi connectivity index (χ1v) is 4.03. The Morgan fingerprint density at radius 1 is 1.60 bits per heavy atom. The summed E-state index contributed by atoms with van der Waals surface area (Å²) >= 11 is 0. The van der Waals surface area contributed by atoms with Crippen LogP contribution < -0.4 is 10.5 Å². The van der Waals surface area contributed by atoms with Crippen molar-refractivity contribution in [2.75, 3.05) is 26.1 Å². The second-order valence-corrected chi connectivity index (χ2v) is 2.52. The van der Waals surface area contributed by atoms with Crippen LogP contribution in [-0.2, 0) is 4.74 Å². The van der Waals surface area contributed by atoms with E-state index < -0.39 is 4.92 Å². The lowest BCUT2D eigenvalue weighted by Crippen LogP contribution is -2.08. The molecule has 82 valence electrons. The van der Waals surface area contributed by atoms with E-state index in [0.717, 1.165) is 6.20 Å². The summed E-state index contributed by atoms with van der Waals surface area (Å²) < 4.78 is 9.75. The minimum absolute atomic E-state index is 0.0759. The molecule has 0 aliphatic heterocycles. The molecule has 2 N–H and O–H groups in total. The molecule has 15 heavy (non-hydrogen) atoms. The van der Waals surface area contributed by atoms with Crippen molar-refractivity contribution in [3.63, 3.8) is 0 Å². The first-order chi connectivity index (χ1) is 7.15. The second kappa shape index (κ2) is 5.05. The van der Waals surface area contributed by atoms with Crippen molar-refractivity contribution in [1.29, 1.82) is 0 Å². The average Bonchev–Trinajstić information content (AvgIpc) is 2.18. The highest BCUT2D eigenvalue weighted by Gasteiger charge is 2.17. The van der Waals surface area contributed by atoms with Gasteiger partial charge >= 0.3 is 5.69 Å². The normalized spacial score (nSPS) is 9.93. The molecule has 1 aromatic rings. The van der Waals surface area contributed by atoms with Crippen molar-refractivity contribution < 1.29 is 14.4 Å². The summed E-state index contributed by atoms with van der Waals surface area (Å²) in [4.78, 5) is 17.0. The molecule has 0 aliphatic rings. The van der Waals surface area contributed by atoms with Gasteiger partial charge in [-0.1, -0.05) is 0 Å². The molecule has 1 heterocycles. The van der Waals surface area contributed by atoms with Crippen molar-refractivity contribution in [1.82, 2.24) is 9.97 Å². The standard InChI is InChI=1S/C7H10N4O4/c1-14-2-3-15-6-5(11(12)13)4-9-7(8)10-6/h4H,2-3H2,1H3,(H2,8,9,10). The van der Waals surface area contributed by atoms with Gasteiger partial charge < -0.3 is 15.2 Å². The number of aromatic nitrogens is 2. The lowest BCUT2D eigenvalue weighted by molar-refractivity contribution is -0.386. The second-order valence-electron chi connectivity index (χ2n) is 2.52. The Morgan fingerprint density at radius 2 is 2.33 bits per heavy atom. The van der Waals surface area contributed by atoms with Gasteiger partial charge in [0, 0.05) is 7.11 Å². The van der Waals surface area contributed by atoms with E-state index >= 15 is 0 Å². The fourth-order valence-corrected chi connectivity index (χ4v) is 0.826. The Morgan fingerprint density at radius 3 is 2.93 bits per heavy atom. The third-order valence-electron chi connectivity index (χ3n) is 1.48. The van der Waals surface area contributed by atoms with Gasteiger partial charge in [0.1, 0.15) is 12.8 Å². The number of nitro groups is 1. The van der Waals surface area contributed by atoms with E-state index in [1.807, 2.05) is 0 Å². The van der Waals surface area contributed by atoms with Gasteiger partial charge in [0.2, 0.25) is 5.95 Å². The molecule has 8 heteroatoms. The van der Waals surface area contributed by atoms with Crippen LogP contribution in [0.25, 0.3) is 0 Å². The van der Waals surface area contributed by atoms with Crippen LogP contribution in [0.15, 0.2) is 6.20 Å². The summed E-state index contributed by atoms with van der Waals surface area (Å²) in [6, 6.07) is 0. The SMILES string of the molecule is COCCOc1nc(N)ncc1[N+](=O)[O-]. The number of hydrogen-bond donors (Lipinski definition) is 1. The van der Waals surface area contributed by atoms with E-state index in [1.54, 1.807) is 0 Å². The monoisotopic (exact) mass is 214 g/mol. The van der Waals surface area contributed by atoms with Gasteiger partial charge in [0.05, 0.1) is 11.5 Å². The summed E-state index contributed by atoms with van der Waals surface area (Å²) in [5.41, 5.74) is 4.96. The maximum Gasteiger partial charge on any atom is 0.349 e. The van der Waals surface area contributed by atoms with Crippen LogP contribution in [0.5, 0.6) is 5.88 Å². The third kappa shape index (κ3) is 3.02. The Hall–Kier alpha value is -1.96. The molecule has 1 aromatic heterocycles. The summed E-state index contributed by atoms with van der Waals surface area (Å²) in [5.74, 6) is -0.224. The number of nitrogens with zero attached hydrogens (tertiary/aromatic N) is 3. The number of anilines is 1. The summed E-state index contributed by atoms with van der Waals surface area (Å²) in [5, 5.41) is 10.5. The highest BCUT2D eigenvalue weighted by Crippen LogP contribution is 2.23. The fraction of sp³-hybridized carbons (Fsp3) is 0.429. The Kier molecular flexibility index (Phi) is 3.75. The third-order valence-corrected chi connectivity index (χ3v) is 1.48. The molecule has 0 fully saturated rings. The molecule has 1 rings (SSSR count). The molecular formula is C7H10N4O4. The maximum absolute atomic E-state index is 10.5. The van der Waals surface area contributed by atoms with Crippen molar-refractivity contribution in [2.24, 2.45) is 0 Å². The van der Waals surface area contributed by atoms with Crippen molar-refractivity contribution in [3.8, 4) is 5.88 Å². The van der Waals surface area contributed by atoms with E-state index in [2.05, 4.69) is 9.97 Å². The Balaban J connectivity index is 2.82. The smallest absolute Gasteiger partial charge is 0.349 e. The predicted octanol–water partition coefficient (Wildman–Crippen LogP) is -0.00780. The Labute approximate surface area is 85.2 Å². The average molecular weight is 214 g/mol. The zero-order valence-corrected chi connectivity index (χ0v) is 8.04. The van der Waals surface area contributed by atoms with E-state index in [9.17, 15) is 10.1 Å². The van der Waals surface area contributed by atoms with E-state index in [4.69, 9.17) is 15.2 Å². The van der Waals surface area contributed by atoms with E-state index in [0.29, 0.717) is 6.61 Å². The number of nitrogen functional groups attached to an aromatic ring is 1. The first kappa shape index (κ1) is 11.1. The summed E-state index contributed by atoms with van der Waals surface area (Å²) in [7, 11) is 1.49. The van der Waals surface area contributed by atoms with Crippen molar-refractivity contribution >= 4 is 11.6 Å². The predicted molar refractivity (Wildman–Crippen MR) is 50.5 cm³/mol. The van der Waals surface area contributed by atoms with Gasteiger partial charge in [0.25, 0.3) is 5.88 Å². The van der Waals surface area contributed by atoms with Crippen LogP contribution in [0, 0.1) is 10.1 Å². The van der Waals surface area contributed by atoms with Crippen LogP contribution in [0.1, 0.15) is 0 Å². The molecule has 0 amide bonds. The first-order valence-electron chi connectivity index (χ1n) is 4.03. The van der Waals surface area contributed by atoms with Gasteiger partial charge in [-0.05, 0) is 0 Å². The van der Waals surface area contributed by atoms with Crippen LogP contribution in [-0.4, -0.2) is 35.2 Å². The van der Waals surface area contributed by atoms with Crippen LogP contribution in [0.2, 0.25) is 0 Å². The quantitative estimate of drug-likeness (QED) is 0.416. The number of rotatable bonds is 5. The molecule has 0 radical (unpaired) electrons. The lowest BCUT2D eigenvalue weighted by atomic mass is 10.5. The van der Waals surface area contributed by atoms with Crippen molar-refractivity contribution in [2.45, 2.75) is 0 Å². The zero-order chi connectivity index (χ0) is 11.3. The number of ether oxygens (including phenoxy) is 2. The molecule has 0 unspecified atom stereocenters. The molecule has 8 nitrogen and oxygen atoms in total. The van der Waals surface area contributed by atoms with Gasteiger partial charge in [-0.3, -0.25) is 10.1 Å². The minimum atomic E-state index is -0.637. The van der Waals surface area contributed by atoms with E-state index in [-0.39, 0.29) is 24.1 Å². The Bertz CT molecular complexity index is 357. The lowest BCUT2D eigenvalue weighted by Gasteiger charge is -2.04. The molecular weight excluding hydrogens is 204 g/mol. The van der Waals surface area contributed by atoms with Gasteiger partial charge in [-0.2, -0.15) is 4.98 Å². The molecule has 0 atom stereocenters. The maximum atomic E-state index is 10.5. The largest absolute Gasteiger partial charge is 0.470 e. The molecule has 0 bridgehead atoms. The van der Waals surface area contributed by atoms with Gasteiger partial charge in [0.15, 0.2) is 0 Å². The minimum Gasteiger partial charge on any atom is -0.470 e. The summed E-state index contributed by atoms with van der Waals surface area (Å²) in [6.07, 6.45) is 1.00. The zero-order valence-electron chi connectivity index (χ0n) is 8.04. The number of nitrogens with two attached hydrogens (primary N) is 1. The number of methoxy groups -OCH3 is 1. The summed E-state index contributed by atoms with van der Waals surface area (Å²) in [6.45, 7) is 0.467. The molecule has 0 saturated heterocycles. The fourth-order valence-electron chi connectivity index (χ4n) is 0.826. The van der Waals surface area contributed by atoms with E-state index in [1.165, 1.54) is 7.11 Å². The highest BCUT2D eigenvalue weighted by atomic mass is 16.6. The van der Waals surface area contributed by atoms with Gasteiger partial charge in [-0.25, -0.2) is 4.98 Å². The number of hydrogen-bond acceptors (Lipinski definition) is 7. The molecule has 0 spiro atoms.